The van der Waals surface area contributed by atoms with Gasteiger partial charge in [-0.15, -0.1) is 12.6 Å². The van der Waals surface area contributed by atoms with E-state index in [1.807, 2.05) is 39.8 Å². The van der Waals surface area contributed by atoms with E-state index in [1.54, 1.807) is 0 Å². The largest absolute Gasteiger partial charge is 0.477 e. The minimum absolute atomic E-state index is 0.0153. The highest BCUT2D eigenvalue weighted by Crippen LogP contribution is 2.48. The molecule has 0 saturated carbocycles. The summed E-state index contributed by atoms with van der Waals surface area (Å²) >= 11 is 4.93. The van der Waals surface area contributed by atoms with Crippen LogP contribution in [-0.2, 0) is 16.1 Å². The van der Waals surface area contributed by atoms with E-state index in [2.05, 4.69) is 102 Å². The number of aromatic nitrogens is 1. The van der Waals surface area contributed by atoms with Crippen molar-refractivity contribution in [3.63, 3.8) is 0 Å². The summed E-state index contributed by atoms with van der Waals surface area (Å²) in [5, 5.41) is 1.17. The normalized spacial score (nSPS) is 16.0. The number of fused-ring (bicyclic) bond motifs is 1. The Kier molecular flexibility index (Phi) is 9.45. The lowest BCUT2D eigenvalue weighted by molar-refractivity contribution is -0.180. The van der Waals surface area contributed by atoms with Crippen molar-refractivity contribution in [2.45, 2.75) is 113 Å². The van der Waals surface area contributed by atoms with Gasteiger partial charge in [-0.05, 0) is 74.6 Å². The van der Waals surface area contributed by atoms with Gasteiger partial charge in [0.15, 0.2) is 4.93 Å². The highest BCUT2D eigenvalue weighted by molar-refractivity contribution is 7.81. The molecule has 4 nitrogen and oxygen atoms in total. The van der Waals surface area contributed by atoms with Crippen LogP contribution in [0, 0.1) is 22.2 Å². The third-order valence-electron chi connectivity index (χ3n) is 7.94. The smallest absolute Gasteiger partial charge is 0.312 e. The summed E-state index contributed by atoms with van der Waals surface area (Å²) in [6, 6.07) is 19.0. The van der Waals surface area contributed by atoms with Crippen molar-refractivity contribution in [3.05, 3.63) is 54.6 Å². The van der Waals surface area contributed by atoms with Crippen molar-refractivity contribution < 1.29 is 14.3 Å². The Bertz CT molecular complexity index is 1340. The second-order valence-corrected chi connectivity index (χ2v) is 16.5. The molecule has 0 N–H and O–H groups in total. The van der Waals surface area contributed by atoms with Crippen molar-refractivity contribution in [3.8, 4) is 17.0 Å². The molecule has 226 valence electrons. The van der Waals surface area contributed by atoms with Gasteiger partial charge in [0.1, 0.15) is 11.4 Å². The third kappa shape index (κ3) is 8.34. The molecule has 2 aromatic carbocycles. The van der Waals surface area contributed by atoms with E-state index in [4.69, 9.17) is 22.1 Å². The summed E-state index contributed by atoms with van der Waals surface area (Å²) in [5.74, 6) is 1.06. The fourth-order valence-electron chi connectivity index (χ4n) is 5.89. The van der Waals surface area contributed by atoms with Crippen LogP contribution in [0.3, 0.4) is 0 Å². The molecule has 0 aliphatic heterocycles. The monoisotopic (exact) mass is 579 g/mol. The number of thiol groups is 1. The maximum atomic E-state index is 13.7. The summed E-state index contributed by atoms with van der Waals surface area (Å²) in [5.41, 5.74) is 1.84. The molecule has 0 amide bonds. The molecule has 0 bridgehead atoms. The summed E-state index contributed by atoms with van der Waals surface area (Å²) in [4.78, 5) is 12.9. The molecule has 0 saturated heterocycles. The van der Waals surface area contributed by atoms with Crippen molar-refractivity contribution in [1.82, 2.24) is 4.57 Å². The molecule has 2 unspecified atom stereocenters. The van der Waals surface area contributed by atoms with Crippen molar-refractivity contribution >= 4 is 29.5 Å². The SMILES string of the molecule is CC(C)Cn1c(-c2ccccc2)cc2ccc(OC(C)(S)CC(C)(C)OC(=O)C(C)(CC(C)(C)C)C(C)(C)C)cc21. The average Bonchev–Trinajstić information content (AvgIpc) is 3.13. The lowest BCUT2D eigenvalue weighted by Gasteiger charge is -2.45. The molecular weight excluding hydrogens is 526 g/mol. The van der Waals surface area contributed by atoms with Gasteiger partial charge in [-0.3, -0.25) is 4.79 Å². The molecule has 2 atom stereocenters. The number of carbonyl (C=O) groups excluding carboxylic acids is 1. The lowest BCUT2D eigenvalue weighted by Crippen LogP contribution is -2.48. The van der Waals surface area contributed by atoms with Crippen LogP contribution in [-0.4, -0.2) is 21.1 Å². The predicted octanol–water partition coefficient (Wildman–Crippen LogP) is 10.2. The van der Waals surface area contributed by atoms with Crippen molar-refractivity contribution in [1.29, 1.82) is 0 Å². The van der Waals surface area contributed by atoms with Crippen LogP contribution < -0.4 is 4.74 Å². The number of rotatable bonds is 10. The Balaban J connectivity index is 1.86. The number of hydrogen-bond acceptors (Lipinski definition) is 4. The van der Waals surface area contributed by atoms with Gasteiger partial charge in [-0.2, -0.15) is 0 Å². The topological polar surface area (TPSA) is 40.5 Å². The molecule has 0 spiro atoms. The first-order chi connectivity index (χ1) is 18.6. The van der Waals surface area contributed by atoms with Crippen LogP contribution in [0.2, 0.25) is 0 Å². The second kappa shape index (κ2) is 11.7. The zero-order chi connectivity index (χ0) is 31.0. The average molecular weight is 580 g/mol. The summed E-state index contributed by atoms with van der Waals surface area (Å²) in [6.07, 6.45) is 1.15. The zero-order valence-corrected chi connectivity index (χ0v) is 28.4. The van der Waals surface area contributed by atoms with Crippen LogP contribution in [0.1, 0.15) is 95.9 Å². The fourth-order valence-corrected chi connectivity index (χ4v) is 6.38. The van der Waals surface area contributed by atoms with Gasteiger partial charge in [-0.1, -0.05) is 85.7 Å². The van der Waals surface area contributed by atoms with E-state index in [0.717, 1.165) is 24.2 Å². The second-order valence-electron chi connectivity index (χ2n) is 15.5. The third-order valence-corrected chi connectivity index (χ3v) is 8.19. The van der Waals surface area contributed by atoms with Gasteiger partial charge in [0.25, 0.3) is 0 Å². The molecule has 41 heavy (non-hydrogen) atoms. The number of nitrogens with zero attached hydrogens (tertiary/aromatic N) is 1. The molecule has 3 aromatic rings. The Morgan fingerprint density at radius 2 is 1.46 bits per heavy atom. The van der Waals surface area contributed by atoms with Crippen LogP contribution in [0.15, 0.2) is 54.6 Å². The predicted molar refractivity (Wildman–Crippen MR) is 177 cm³/mol. The summed E-state index contributed by atoms with van der Waals surface area (Å²) in [7, 11) is 0. The maximum absolute atomic E-state index is 13.7. The summed E-state index contributed by atoms with van der Waals surface area (Å²) < 4.78 is 15.1. The van der Waals surface area contributed by atoms with Crippen LogP contribution in [0.5, 0.6) is 5.75 Å². The van der Waals surface area contributed by atoms with Gasteiger partial charge >= 0.3 is 5.97 Å². The van der Waals surface area contributed by atoms with E-state index in [0.29, 0.717) is 12.3 Å². The van der Waals surface area contributed by atoms with E-state index in [9.17, 15) is 4.79 Å². The number of esters is 1. The van der Waals surface area contributed by atoms with Crippen molar-refractivity contribution in [2.24, 2.45) is 22.2 Å². The fraction of sp³-hybridized carbons (Fsp3) is 0.583. The van der Waals surface area contributed by atoms with Gasteiger partial charge < -0.3 is 14.0 Å². The van der Waals surface area contributed by atoms with Crippen LogP contribution >= 0.6 is 12.6 Å². The molecule has 0 aliphatic carbocycles. The first kappa shape index (κ1) is 33.1. The van der Waals surface area contributed by atoms with E-state index in [-0.39, 0.29) is 16.8 Å². The molecule has 0 fully saturated rings. The first-order valence-electron chi connectivity index (χ1n) is 15.0. The minimum atomic E-state index is -0.864. The highest BCUT2D eigenvalue weighted by atomic mass is 32.1. The number of carbonyl (C=O) groups is 1. The van der Waals surface area contributed by atoms with E-state index < -0.39 is 15.9 Å². The standard InChI is InChI=1S/C36H53NO3S/c1-25(2)22-37-29(26-16-14-13-15-17-26)20-27-18-19-28(21-30(27)37)39-36(12,41)24-34(9,10)40-31(38)35(11,33(6,7)8)23-32(3,4)5/h13-21,25,41H,22-24H2,1-12H3. The number of hydrogen-bond donors (Lipinski definition) is 1. The highest BCUT2D eigenvalue weighted by Gasteiger charge is 2.49. The van der Waals surface area contributed by atoms with Gasteiger partial charge in [-0.25, -0.2) is 0 Å². The van der Waals surface area contributed by atoms with Gasteiger partial charge in [0, 0.05) is 30.1 Å². The Morgan fingerprint density at radius 1 is 0.854 bits per heavy atom. The number of ether oxygens (including phenoxy) is 2. The van der Waals surface area contributed by atoms with Crippen LogP contribution in [0.25, 0.3) is 22.2 Å². The quantitative estimate of drug-likeness (QED) is 0.148. The van der Waals surface area contributed by atoms with E-state index >= 15 is 0 Å². The summed E-state index contributed by atoms with van der Waals surface area (Å²) in [6.45, 7) is 26.1. The molecule has 3 rings (SSSR count). The molecule has 5 heteroatoms. The number of benzene rings is 2. The van der Waals surface area contributed by atoms with Gasteiger partial charge in [0.05, 0.1) is 10.9 Å². The van der Waals surface area contributed by atoms with Gasteiger partial charge in [0.2, 0.25) is 0 Å². The Morgan fingerprint density at radius 3 is 2.00 bits per heavy atom. The molecular formula is C36H53NO3S. The Labute approximate surface area is 254 Å². The van der Waals surface area contributed by atoms with E-state index in [1.165, 1.54) is 16.6 Å². The van der Waals surface area contributed by atoms with Crippen LogP contribution in [0.4, 0.5) is 0 Å². The lowest BCUT2D eigenvalue weighted by atomic mass is 9.61. The first-order valence-corrected chi connectivity index (χ1v) is 15.4. The zero-order valence-electron chi connectivity index (χ0n) is 27.5. The Hall–Kier alpha value is -2.40. The van der Waals surface area contributed by atoms with Crippen molar-refractivity contribution in [2.75, 3.05) is 0 Å². The molecule has 0 aliphatic rings. The molecule has 0 radical (unpaired) electrons. The maximum Gasteiger partial charge on any atom is 0.312 e. The molecule has 1 heterocycles. The minimum Gasteiger partial charge on any atom is -0.477 e. The molecule has 1 aromatic heterocycles.